The normalized spacial score (nSPS) is 15.5. The Morgan fingerprint density at radius 2 is 1.78 bits per heavy atom. The van der Waals surface area contributed by atoms with E-state index >= 15 is 0 Å². The summed E-state index contributed by atoms with van der Waals surface area (Å²) in [5.74, 6) is 0.500. The Labute approximate surface area is 196 Å². The van der Waals surface area contributed by atoms with Gasteiger partial charge in [0, 0.05) is 16.4 Å². The van der Waals surface area contributed by atoms with Crippen LogP contribution in [-0.2, 0) is 4.79 Å². The molecule has 4 rings (SSSR count). The second-order valence-corrected chi connectivity index (χ2v) is 9.15. The summed E-state index contributed by atoms with van der Waals surface area (Å²) in [5, 5.41) is 12.9. The largest absolute Gasteiger partial charge is 0.325 e. The second kappa shape index (κ2) is 10.5. The minimum absolute atomic E-state index is 0.0603. The third-order valence-corrected chi connectivity index (χ3v) is 6.70. The van der Waals surface area contributed by atoms with Crippen LogP contribution in [-0.4, -0.2) is 44.4 Å². The van der Waals surface area contributed by atoms with Crippen molar-refractivity contribution >= 4 is 35.0 Å². The van der Waals surface area contributed by atoms with Gasteiger partial charge in [-0.1, -0.05) is 29.8 Å². The molecule has 32 heavy (non-hydrogen) atoms. The van der Waals surface area contributed by atoms with E-state index in [4.69, 9.17) is 11.6 Å². The van der Waals surface area contributed by atoms with E-state index in [1.54, 1.807) is 36.4 Å². The molecule has 0 aliphatic carbocycles. The predicted molar refractivity (Wildman–Crippen MR) is 126 cm³/mol. The summed E-state index contributed by atoms with van der Waals surface area (Å²) >= 11 is 7.20. The first-order valence-corrected chi connectivity index (χ1v) is 12.0. The van der Waals surface area contributed by atoms with Crippen LogP contribution < -0.4 is 5.32 Å². The van der Waals surface area contributed by atoms with Crippen LogP contribution in [0.5, 0.6) is 0 Å². The zero-order chi connectivity index (χ0) is 22.5. The van der Waals surface area contributed by atoms with Crippen LogP contribution in [0.15, 0.2) is 53.7 Å². The number of nitrogens with one attached hydrogen (secondary N) is 1. The van der Waals surface area contributed by atoms with Crippen molar-refractivity contribution in [1.82, 2.24) is 19.7 Å². The minimum Gasteiger partial charge on any atom is -0.325 e. The number of carbonyl (C=O) groups is 1. The topological polar surface area (TPSA) is 63.1 Å². The van der Waals surface area contributed by atoms with Gasteiger partial charge in [0.2, 0.25) is 5.91 Å². The molecule has 168 valence electrons. The molecule has 1 amide bonds. The number of anilines is 1. The molecule has 1 unspecified atom stereocenters. The van der Waals surface area contributed by atoms with E-state index in [1.165, 1.54) is 43.2 Å². The van der Waals surface area contributed by atoms with E-state index in [-0.39, 0.29) is 23.5 Å². The van der Waals surface area contributed by atoms with E-state index in [0.717, 1.165) is 24.6 Å². The molecule has 1 N–H and O–H groups in total. The van der Waals surface area contributed by atoms with E-state index in [9.17, 15) is 9.18 Å². The number of hydrogen-bond acceptors (Lipinski definition) is 5. The van der Waals surface area contributed by atoms with Gasteiger partial charge in [-0.3, -0.25) is 14.3 Å². The third-order valence-electron chi connectivity index (χ3n) is 5.52. The predicted octanol–water partition coefficient (Wildman–Crippen LogP) is 5.34. The number of amides is 1. The van der Waals surface area contributed by atoms with Crippen molar-refractivity contribution in [1.29, 1.82) is 0 Å². The van der Waals surface area contributed by atoms with Gasteiger partial charge in [-0.2, -0.15) is 0 Å². The molecule has 0 radical (unpaired) electrons. The fraction of sp³-hybridized carbons (Fsp3) is 0.348. The fourth-order valence-electron chi connectivity index (χ4n) is 3.81. The van der Waals surface area contributed by atoms with Gasteiger partial charge >= 0.3 is 0 Å². The van der Waals surface area contributed by atoms with Crippen molar-refractivity contribution in [3.8, 4) is 5.69 Å². The molecule has 9 heteroatoms. The van der Waals surface area contributed by atoms with Crippen LogP contribution in [0.3, 0.4) is 0 Å². The lowest BCUT2D eigenvalue weighted by Crippen LogP contribution is -2.33. The summed E-state index contributed by atoms with van der Waals surface area (Å²) in [7, 11) is 0. The Hall–Kier alpha value is -2.42. The van der Waals surface area contributed by atoms with E-state index in [0.29, 0.717) is 15.9 Å². The van der Waals surface area contributed by atoms with Crippen molar-refractivity contribution < 1.29 is 9.18 Å². The number of rotatable bonds is 7. The molecule has 1 aliphatic heterocycles. The van der Waals surface area contributed by atoms with Crippen molar-refractivity contribution in [2.24, 2.45) is 0 Å². The van der Waals surface area contributed by atoms with Gasteiger partial charge in [0.15, 0.2) is 11.0 Å². The average molecular weight is 474 g/mol. The van der Waals surface area contributed by atoms with Crippen molar-refractivity contribution in [3.63, 3.8) is 0 Å². The first kappa shape index (κ1) is 22.8. The lowest BCUT2D eigenvalue weighted by Gasteiger charge is -2.31. The van der Waals surface area contributed by atoms with Gasteiger partial charge in [-0.15, -0.1) is 10.2 Å². The van der Waals surface area contributed by atoms with Gasteiger partial charge in [0.1, 0.15) is 5.82 Å². The summed E-state index contributed by atoms with van der Waals surface area (Å²) < 4.78 is 15.5. The maximum absolute atomic E-state index is 13.5. The van der Waals surface area contributed by atoms with E-state index in [1.807, 2.05) is 4.57 Å². The van der Waals surface area contributed by atoms with Crippen LogP contribution in [0.1, 0.15) is 38.1 Å². The molecular weight excluding hydrogens is 449 g/mol. The number of piperidine rings is 1. The van der Waals surface area contributed by atoms with E-state index in [2.05, 4.69) is 27.3 Å². The Bertz CT molecular complexity index is 1050. The zero-order valence-electron chi connectivity index (χ0n) is 17.8. The highest BCUT2D eigenvalue weighted by Gasteiger charge is 2.25. The molecule has 2 aromatic carbocycles. The summed E-state index contributed by atoms with van der Waals surface area (Å²) in [5.41, 5.74) is 1.45. The van der Waals surface area contributed by atoms with Crippen molar-refractivity contribution in [3.05, 3.63) is 65.2 Å². The highest BCUT2D eigenvalue weighted by molar-refractivity contribution is 7.99. The third kappa shape index (κ3) is 5.49. The second-order valence-electron chi connectivity index (χ2n) is 7.77. The molecule has 1 atom stereocenters. The lowest BCUT2D eigenvalue weighted by molar-refractivity contribution is -0.113. The standard InChI is InChI=1S/C23H25ClFN5OS/c1-16(29-13-3-2-4-14-29)22-27-28-23(30(22)20-11-7-18(25)8-12-20)32-15-21(31)26-19-9-5-17(24)6-10-19/h5-12,16H,2-4,13-15H2,1H3,(H,26,31). The number of hydrogen-bond donors (Lipinski definition) is 1. The molecule has 1 aliphatic rings. The fourth-order valence-corrected chi connectivity index (χ4v) is 4.69. The van der Waals surface area contributed by atoms with Gasteiger partial charge in [-0.25, -0.2) is 4.39 Å². The van der Waals surface area contributed by atoms with Crippen LogP contribution in [0.2, 0.25) is 5.02 Å². The lowest BCUT2D eigenvalue weighted by atomic mass is 10.1. The summed E-state index contributed by atoms with van der Waals surface area (Å²) in [6.45, 7) is 4.16. The average Bonchev–Trinajstić information content (AvgIpc) is 3.24. The Morgan fingerprint density at radius 3 is 2.47 bits per heavy atom. The molecule has 0 spiro atoms. The monoisotopic (exact) mass is 473 g/mol. The van der Waals surface area contributed by atoms with E-state index < -0.39 is 0 Å². The molecule has 2 heterocycles. The minimum atomic E-state index is -0.302. The smallest absolute Gasteiger partial charge is 0.234 e. The molecule has 6 nitrogen and oxygen atoms in total. The SMILES string of the molecule is CC(c1nnc(SCC(=O)Nc2ccc(Cl)cc2)n1-c1ccc(F)cc1)N1CCCCC1. The Morgan fingerprint density at radius 1 is 1.09 bits per heavy atom. The molecule has 3 aromatic rings. The number of likely N-dealkylation sites (tertiary alicyclic amines) is 1. The number of aromatic nitrogens is 3. The number of nitrogens with zero attached hydrogens (tertiary/aromatic N) is 4. The van der Waals surface area contributed by atoms with Crippen LogP contribution in [0.25, 0.3) is 5.69 Å². The van der Waals surface area contributed by atoms with Crippen molar-refractivity contribution in [2.45, 2.75) is 37.4 Å². The van der Waals surface area contributed by atoms with Crippen molar-refractivity contribution in [2.75, 3.05) is 24.2 Å². The van der Waals surface area contributed by atoms with Gasteiger partial charge in [0.25, 0.3) is 0 Å². The highest BCUT2D eigenvalue weighted by atomic mass is 35.5. The highest BCUT2D eigenvalue weighted by Crippen LogP contribution is 2.29. The molecule has 1 fully saturated rings. The molecular formula is C23H25ClFN5OS. The summed E-state index contributed by atoms with van der Waals surface area (Å²) in [6.07, 6.45) is 3.58. The first-order valence-electron chi connectivity index (χ1n) is 10.6. The van der Waals surface area contributed by atoms with Crippen LogP contribution in [0, 0.1) is 5.82 Å². The molecule has 0 bridgehead atoms. The van der Waals surface area contributed by atoms with Gasteiger partial charge < -0.3 is 5.32 Å². The summed E-state index contributed by atoms with van der Waals surface area (Å²) in [6, 6.07) is 13.3. The number of benzene rings is 2. The maximum Gasteiger partial charge on any atom is 0.234 e. The zero-order valence-corrected chi connectivity index (χ0v) is 19.4. The molecule has 1 aromatic heterocycles. The van der Waals surface area contributed by atoms with Crippen LogP contribution in [0.4, 0.5) is 10.1 Å². The van der Waals surface area contributed by atoms with Gasteiger partial charge in [-0.05, 0) is 81.4 Å². The summed E-state index contributed by atoms with van der Waals surface area (Å²) in [4.78, 5) is 14.9. The molecule has 0 saturated carbocycles. The van der Waals surface area contributed by atoms with Crippen LogP contribution >= 0.6 is 23.4 Å². The number of thioether (sulfide) groups is 1. The quantitative estimate of drug-likeness (QED) is 0.469. The first-order chi connectivity index (χ1) is 15.5. The Balaban J connectivity index is 1.54. The number of carbonyl (C=O) groups excluding carboxylic acids is 1. The number of halogens is 2. The van der Waals surface area contributed by atoms with Gasteiger partial charge in [0.05, 0.1) is 11.8 Å². The maximum atomic E-state index is 13.5. The Kier molecular flexibility index (Phi) is 7.44. The molecule has 1 saturated heterocycles.